The molecule has 21 heavy (non-hydrogen) atoms. The van der Waals surface area contributed by atoms with Crippen LogP contribution in [0.15, 0.2) is 17.0 Å². The number of nitrogen functional groups attached to an aromatic ring is 1. The molecule has 2 rings (SSSR count). The second-order valence-corrected chi connectivity index (χ2v) is 7.15. The summed E-state index contributed by atoms with van der Waals surface area (Å²) < 4.78 is 28.6. The molecule has 1 fully saturated rings. The van der Waals surface area contributed by atoms with Crippen molar-refractivity contribution in [2.24, 2.45) is 11.1 Å². The van der Waals surface area contributed by atoms with Crippen LogP contribution in [0.25, 0.3) is 0 Å². The van der Waals surface area contributed by atoms with E-state index >= 15 is 0 Å². The number of anilines is 2. The van der Waals surface area contributed by atoms with E-state index in [1.54, 1.807) is 14.0 Å². The number of methoxy groups -OCH3 is 1. The Balaban J connectivity index is 2.37. The quantitative estimate of drug-likeness (QED) is 0.811. The Morgan fingerprint density at radius 3 is 2.76 bits per heavy atom. The molecule has 1 heterocycles. The summed E-state index contributed by atoms with van der Waals surface area (Å²) in [5.41, 5.74) is 7.77. The van der Waals surface area contributed by atoms with E-state index in [2.05, 4.69) is 4.90 Å². The first-order valence-corrected chi connectivity index (χ1v) is 8.54. The zero-order valence-corrected chi connectivity index (χ0v) is 13.3. The standard InChI is InChI=1S/C14H23N3O3S/c1-10-13(6-12(15)7-14(10)21(16,18)19)17-5-3-4-11(8-17)9-20-2/h6-7,11H,3-5,8-9,15H2,1-2H3,(H2,16,18,19). The number of hydrogen-bond acceptors (Lipinski definition) is 5. The third kappa shape index (κ3) is 3.66. The molecule has 1 atom stereocenters. The van der Waals surface area contributed by atoms with Crippen LogP contribution < -0.4 is 15.8 Å². The molecule has 0 aromatic heterocycles. The van der Waals surface area contributed by atoms with Crippen LogP contribution in [0.1, 0.15) is 18.4 Å². The number of nitrogens with two attached hydrogens (primary N) is 2. The van der Waals surface area contributed by atoms with Crippen molar-refractivity contribution in [1.82, 2.24) is 0 Å². The minimum atomic E-state index is -3.77. The van der Waals surface area contributed by atoms with Gasteiger partial charge in [0.1, 0.15) is 0 Å². The molecule has 6 nitrogen and oxygen atoms in total. The number of piperidine rings is 1. The molecule has 0 aliphatic carbocycles. The Hall–Kier alpha value is -1.31. The van der Waals surface area contributed by atoms with Crippen molar-refractivity contribution in [2.45, 2.75) is 24.7 Å². The van der Waals surface area contributed by atoms with Crippen molar-refractivity contribution < 1.29 is 13.2 Å². The molecule has 1 saturated heterocycles. The molecular formula is C14H23N3O3S. The number of hydrogen-bond donors (Lipinski definition) is 2. The van der Waals surface area contributed by atoms with Crippen molar-refractivity contribution in [3.05, 3.63) is 17.7 Å². The fourth-order valence-electron chi connectivity index (χ4n) is 2.97. The number of rotatable bonds is 4. The minimum Gasteiger partial charge on any atom is -0.399 e. The highest BCUT2D eigenvalue weighted by Crippen LogP contribution is 2.32. The van der Waals surface area contributed by atoms with Gasteiger partial charge in [-0.25, -0.2) is 13.6 Å². The van der Waals surface area contributed by atoms with Crippen LogP contribution in [0.4, 0.5) is 11.4 Å². The van der Waals surface area contributed by atoms with Crippen LogP contribution in [0.2, 0.25) is 0 Å². The van der Waals surface area contributed by atoms with Gasteiger partial charge in [0, 0.05) is 31.6 Å². The Morgan fingerprint density at radius 1 is 1.43 bits per heavy atom. The number of primary sulfonamides is 1. The van der Waals surface area contributed by atoms with Gasteiger partial charge in [0.2, 0.25) is 10.0 Å². The highest BCUT2D eigenvalue weighted by Gasteiger charge is 2.24. The molecule has 1 aromatic carbocycles. The molecule has 0 saturated carbocycles. The van der Waals surface area contributed by atoms with Crippen LogP contribution >= 0.6 is 0 Å². The first-order chi connectivity index (χ1) is 9.82. The number of benzene rings is 1. The second kappa shape index (κ2) is 6.21. The lowest BCUT2D eigenvalue weighted by Gasteiger charge is -2.35. The summed E-state index contributed by atoms with van der Waals surface area (Å²) in [6.07, 6.45) is 2.17. The average molecular weight is 313 g/mol. The normalized spacial score (nSPS) is 19.8. The summed E-state index contributed by atoms with van der Waals surface area (Å²) in [6.45, 7) is 4.20. The summed E-state index contributed by atoms with van der Waals surface area (Å²) in [7, 11) is -2.07. The topological polar surface area (TPSA) is 98.7 Å². The third-order valence-electron chi connectivity index (χ3n) is 3.92. The lowest BCUT2D eigenvalue weighted by atomic mass is 9.97. The zero-order chi connectivity index (χ0) is 15.6. The highest BCUT2D eigenvalue weighted by molar-refractivity contribution is 7.89. The molecule has 1 aliphatic heterocycles. The summed E-state index contributed by atoms with van der Waals surface area (Å²) >= 11 is 0. The summed E-state index contributed by atoms with van der Waals surface area (Å²) in [5, 5.41) is 5.28. The van der Waals surface area contributed by atoms with Crippen LogP contribution in [0.3, 0.4) is 0 Å². The molecule has 7 heteroatoms. The zero-order valence-electron chi connectivity index (χ0n) is 12.5. The summed E-state index contributed by atoms with van der Waals surface area (Å²) in [6, 6.07) is 3.24. The summed E-state index contributed by atoms with van der Waals surface area (Å²) in [5.74, 6) is 0.447. The number of nitrogens with zero attached hydrogens (tertiary/aromatic N) is 1. The molecule has 0 radical (unpaired) electrons. The molecule has 118 valence electrons. The fourth-order valence-corrected chi connectivity index (χ4v) is 3.80. The first-order valence-electron chi connectivity index (χ1n) is 6.99. The van der Waals surface area contributed by atoms with Crippen molar-refractivity contribution in [2.75, 3.05) is 37.4 Å². The maximum absolute atomic E-state index is 11.7. The maximum atomic E-state index is 11.7. The van der Waals surface area contributed by atoms with Gasteiger partial charge in [-0.1, -0.05) is 0 Å². The molecule has 0 amide bonds. The van der Waals surface area contributed by atoms with E-state index in [1.165, 1.54) is 6.07 Å². The Bertz CT molecular complexity index is 614. The third-order valence-corrected chi connectivity index (χ3v) is 4.96. The molecule has 1 aliphatic rings. The van der Waals surface area contributed by atoms with Gasteiger partial charge in [-0.2, -0.15) is 0 Å². The van der Waals surface area contributed by atoms with Crippen LogP contribution in [-0.2, 0) is 14.8 Å². The van der Waals surface area contributed by atoms with Gasteiger partial charge in [-0.05, 0) is 43.4 Å². The van der Waals surface area contributed by atoms with Crippen molar-refractivity contribution >= 4 is 21.4 Å². The lowest BCUT2D eigenvalue weighted by molar-refractivity contribution is 0.143. The Kier molecular flexibility index (Phi) is 4.75. The van der Waals surface area contributed by atoms with Crippen molar-refractivity contribution in [3.8, 4) is 0 Å². The Labute approximate surface area is 126 Å². The number of ether oxygens (including phenoxy) is 1. The summed E-state index contributed by atoms with van der Waals surface area (Å²) in [4.78, 5) is 2.28. The van der Waals surface area contributed by atoms with Gasteiger partial charge < -0.3 is 15.4 Å². The minimum absolute atomic E-state index is 0.103. The number of sulfonamides is 1. The van der Waals surface area contributed by atoms with E-state index in [0.29, 0.717) is 23.8 Å². The van der Waals surface area contributed by atoms with Crippen molar-refractivity contribution in [1.29, 1.82) is 0 Å². The van der Waals surface area contributed by atoms with Crippen molar-refractivity contribution in [3.63, 3.8) is 0 Å². The van der Waals surface area contributed by atoms with Crippen LogP contribution in [0.5, 0.6) is 0 Å². The van der Waals surface area contributed by atoms with Crippen LogP contribution in [0, 0.1) is 12.8 Å². The molecule has 1 aromatic rings. The second-order valence-electron chi connectivity index (χ2n) is 5.62. The van der Waals surface area contributed by atoms with Crippen LogP contribution in [-0.4, -0.2) is 35.2 Å². The van der Waals surface area contributed by atoms with E-state index in [9.17, 15) is 8.42 Å². The van der Waals surface area contributed by atoms with E-state index < -0.39 is 10.0 Å². The van der Waals surface area contributed by atoms with Gasteiger partial charge in [0.25, 0.3) is 0 Å². The Morgan fingerprint density at radius 2 is 2.14 bits per heavy atom. The van der Waals surface area contributed by atoms with E-state index in [4.69, 9.17) is 15.6 Å². The van der Waals surface area contributed by atoms with Gasteiger partial charge in [0.15, 0.2) is 0 Å². The first kappa shape index (κ1) is 16.1. The van der Waals surface area contributed by atoms with Gasteiger partial charge in [0.05, 0.1) is 11.5 Å². The molecule has 0 spiro atoms. The highest BCUT2D eigenvalue weighted by atomic mass is 32.2. The predicted octanol–water partition coefficient (Wildman–Crippen LogP) is 1.09. The molecule has 1 unspecified atom stereocenters. The maximum Gasteiger partial charge on any atom is 0.238 e. The van der Waals surface area contributed by atoms with Gasteiger partial charge in [-0.3, -0.25) is 0 Å². The smallest absolute Gasteiger partial charge is 0.238 e. The van der Waals surface area contributed by atoms with E-state index in [-0.39, 0.29) is 4.90 Å². The molecule has 4 N–H and O–H groups in total. The molecular weight excluding hydrogens is 290 g/mol. The lowest BCUT2D eigenvalue weighted by Crippen LogP contribution is -2.37. The molecule has 0 bridgehead atoms. The van der Waals surface area contributed by atoms with E-state index in [0.717, 1.165) is 31.6 Å². The SMILES string of the molecule is COCC1CCCN(c2cc(N)cc(S(N)(=O)=O)c2C)C1. The largest absolute Gasteiger partial charge is 0.399 e. The monoisotopic (exact) mass is 313 g/mol. The average Bonchev–Trinajstić information content (AvgIpc) is 2.40. The van der Waals surface area contributed by atoms with Gasteiger partial charge in [-0.15, -0.1) is 0 Å². The van der Waals surface area contributed by atoms with E-state index in [1.807, 2.05) is 6.07 Å². The predicted molar refractivity (Wildman–Crippen MR) is 83.8 cm³/mol. The fraction of sp³-hybridized carbons (Fsp3) is 0.571. The van der Waals surface area contributed by atoms with Gasteiger partial charge >= 0.3 is 0 Å².